The van der Waals surface area contributed by atoms with Crippen LogP contribution < -0.4 is 0 Å². The fourth-order valence-corrected chi connectivity index (χ4v) is 1.10. The van der Waals surface area contributed by atoms with Gasteiger partial charge in [-0.25, -0.2) is 8.42 Å². The van der Waals surface area contributed by atoms with Crippen LogP contribution in [0.4, 0.5) is 0 Å². The number of halogens is 1. The van der Waals surface area contributed by atoms with Crippen LogP contribution in [0.25, 0.3) is 0 Å². The molecule has 0 saturated heterocycles. The molecule has 58 valence electrons. The maximum absolute atomic E-state index is 10.7. The van der Waals surface area contributed by atoms with E-state index in [1.54, 1.807) is 6.08 Å². The smallest absolute Gasteiger partial charge is 0.167 e. The Bertz CT molecular complexity index is 216. The van der Waals surface area contributed by atoms with E-state index in [1.807, 2.05) is 0 Å². The van der Waals surface area contributed by atoms with Gasteiger partial charge in [-0.3, -0.25) is 0 Å². The van der Waals surface area contributed by atoms with Crippen molar-refractivity contribution in [3.8, 4) is 0 Å². The first-order valence-electron chi connectivity index (χ1n) is 2.66. The lowest BCUT2D eigenvalue weighted by Gasteiger charge is -1.90. The van der Waals surface area contributed by atoms with Gasteiger partial charge in [-0.2, -0.15) is 0 Å². The van der Waals surface area contributed by atoms with Crippen molar-refractivity contribution in [2.24, 2.45) is 0 Å². The van der Waals surface area contributed by atoms with Crippen molar-refractivity contribution in [2.45, 2.75) is 0 Å². The molecule has 0 spiro atoms. The third-order valence-electron chi connectivity index (χ3n) is 0.789. The number of sulfone groups is 1. The van der Waals surface area contributed by atoms with Gasteiger partial charge < -0.3 is 0 Å². The highest BCUT2D eigenvalue weighted by Gasteiger charge is 2.03. The first-order chi connectivity index (χ1) is 4.62. The molecule has 0 N–H and O–H groups in total. The van der Waals surface area contributed by atoms with E-state index in [4.69, 9.17) is 11.6 Å². The zero-order chi connectivity index (χ0) is 8.04. The standard InChI is InChI=1S/C6H9ClO2S/c1-2-3-4-5-10(8,9)6-7/h2-4H,1,5-6H2/b4-3-. The zero-order valence-electron chi connectivity index (χ0n) is 5.46. The van der Waals surface area contributed by atoms with E-state index in [2.05, 4.69) is 6.58 Å². The van der Waals surface area contributed by atoms with E-state index in [1.165, 1.54) is 12.2 Å². The summed E-state index contributed by atoms with van der Waals surface area (Å²) in [7, 11) is -3.06. The lowest BCUT2D eigenvalue weighted by atomic mass is 10.5. The van der Waals surface area contributed by atoms with Gasteiger partial charge in [0.15, 0.2) is 9.84 Å². The minimum absolute atomic E-state index is 0.0114. The highest BCUT2D eigenvalue weighted by atomic mass is 35.5. The van der Waals surface area contributed by atoms with Gasteiger partial charge in [-0.15, -0.1) is 11.6 Å². The van der Waals surface area contributed by atoms with Gasteiger partial charge in [0.05, 0.1) is 5.75 Å². The molecular weight excluding hydrogens is 172 g/mol. The molecule has 0 amide bonds. The molecule has 0 radical (unpaired) electrons. The third-order valence-corrected chi connectivity index (χ3v) is 2.82. The fourth-order valence-electron chi connectivity index (χ4n) is 0.343. The lowest BCUT2D eigenvalue weighted by Crippen LogP contribution is -2.04. The largest absolute Gasteiger partial charge is 0.227 e. The van der Waals surface area contributed by atoms with Gasteiger partial charge in [0.25, 0.3) is 0 Å². The summed E-state index contributed by atoms with van der Waals surface area (Å²) in [5.74, 6) is -0.0114. The highest BCUT2D eigenvalue weighted by molar-refractivity contribution is 7.92. The Morgan fingerprint density at radius 1 is 1.50 bits per heavy atom. The molecule has 2 nitrogen and oxygen atoms in total. The molecule has 0 bridgehead atoms. The quantitative estimate of drug-likeness (QED) is 0.484. The molecule has 0 aromatic heterocycles. The first-order valence-corrected chi connectivity index (χ1v) is 5.02. The van der Waals surface area contributed by atoms with Gasteiger partial charge >= 0.3 is 0 Å². The average Bonchev–Trinajstić information content (AvgIpc) is 1.89. The van der Waals surface area contributed by atoms with Crippen molar-refractivity contribution < 1.29 is 8.42 Å². The molecule has 0 aliphatic carbocycles. The Hall–Kier alpha value is -0.280. The van der Waals surface area contributed by atoms with Gasteiger partial charge in [0, 0.05) is 0 Å². The Morgan fingerprint density at radius 2 is 2.10 bits per heavy atom. The van der Waals surface area contributed by atoms with Crippen LogP contribution in [0.2, 0.25) is 0 Å². The van der Waals surface area contributed by atoms with Crippen molar-refractivity contribution in [2.75, 3.05) is 11.0 Å². The van der Waals surface area contributed by atoms with Crippen LogP contribution in [0.5, 0.6) is 0 Å². The maximum atomic E-state index is 10.7. The Kier molecular flexibility index (Phi) is 4.40. The van der Waals surface area contributed by atoms with E-state index >= 15 is 0 Å². The fraction of sp³-hybridized carbons (Fsp3) is 0.333. The lowest BCUT2D eigenvalue weighted by molar-refractivity contribution is 0.603. The van der Waals surface area contributed by atoms with Crippen LogP contribution in [0.15, 0.2) is 24.8 Å². The minimum Gasteiger partial charge on any atom is -0.227 e. The van der Waals surface area contributed by atoms with Crippen molar-refractivity contribution >= 4 is 21.4 Å². The molecule has 0 atom stereocenters. The Morgan fingerprint density at radius 3 is 2.50 bits per heavy atom. The molecule has 4 heteroatoms. The van der Waals surface area contributed by atoms with Crippen LogP contribution in [-0.4, -0.2) is 19.4 Å². The van der Waals surface area contributed by atoms with Crippen LogP contribution >= 0.6 is 11.6 Å². The molecular formula is C6H9ClO2S. The van der Waals surface area contributed by atoms with Crippen LogP contribution in [0, 0.1) is 0 Å². The molecule has 0 aromatic carbocycles. The van der Waals surface area contributed by atoms with E-state index in [-0.39, 0.29) is 11.0 Å². The van der Waals surface area contributed by atoms with Gasteiger partial charge in [0.1, 0.15) is 5.21 Å². The Balaban J connectivity index is 3.91. The van der Waals surface area contributed by atoms with Crippen LogP contribution in [-0.2, 0) is 9.84 Å². The molecule has 0 unspecified atom stereocenters. The van der Waals surface area contributed by atoms with E-state index in [9.17, 15) is 8.42 Å². The summed E-state index contributed by atoms with van der Waals surface area (Å²) in [6.07, 6.45) is 4.60. The summed E-state index contributed by atoms with van der Waals surface area (Å²) in [5.41, 5.74) is 0. The SMILES string of the molecule is C=C/C=C\CS(=O)(=O)CCl. The number of rotatable bonds is 4. The summed E-state index contributed by atoms with van der Waals surface area (Å²) >= 11 is 5.12. The summed E-state index contributed by atoms with van der Waals surface area (Å²) in [5, 5.41) is -0.325. The second-order valence-corrected chi connectivity index (χ2v) is 4.38. The molecule has 0 fully saturated rings. The molecule has 10 heavy (non-hydrogen) atoms. The van der Waals surface area contributed by atoms with Gasteiger partial charge in [-0.1, -0.05) is 24.8 Å². The maximum Gasteiger partial charge on any atom is 0.167 e. The number of alkyl halides is 1. The second-order valence-electron chi connectivity index (χ2n) is 1.68. The van der Waals surface area contributed by atoms with E-state index in [0.29, 0.717) is 0 Å². The normalized spacial score (nSPS) is 12.1. The van der Waals surface area contributed by atoms with Crippen LogP contribution in [0.3, 0.4) is 0 Å². The highest BCUT2D eigenvalue weighted by Crippen LogP contribution is 1.93. The molecule has 0 aliphatic heterocycles. The number of allylic oxidation sites excluding steroid dienone is 2. The third kappa shape index (κ3) is 4.58. The Labute approximate surface area is 66.1 Å². The molecule has 0 saturated carbocycles. The van der Waals surface area contributed by atoms with Crippen molar-refractivity contribution in [1.29, 1.82) is 0 Å². The van der Waals surface area contributed by atoms with E-state index < -0.39 is 9.84 Å². The second kappa shape index (κ2) is 4.52. The zero-order valence-corrected chi connectivity index (χ0v) is 7.03. The monoisotopic (exact) mass is 180 g/mol. The minimum atomic E-state index is -3.06. The van der Waals surface area contributed by atoms with Crippen molar-refractivity contribution in [3.05, 3.63) is 24.8 Å². The predicted octanol–water partition coefficient (Wildman–Crippen LogP) is 1.34. The topological polar surface area (TPSA) is 34.1 Å². The average molecular weight is 181 g/mol. The van der Waals surface area contributed by atoms with E-state index in [0.717, 1.165) is 0 Å². The number of hydrogen-bond donors (Lipinski definition) is 0. The first kappa shape index (κ1) is 9.72. The predicted molar refractivity (Wildman–Crippen MR) is 43.8 cm³/mol. The number of hydrogen-bond acceptors (Lipinski definition) is 2. The summed E-state index contributed by atoms with van der Waals surface area (Å²) < 4.78 is 21.3. The summed E-state index contributed by atoms with van der Waals surface area (Å²) in [4.78, 5) is 0. The summed E-state index contributed by atoms with van der Waals surface area (Å²) in [6.45, 7) is 3.39. The van der Waals surface area contributed by atoms with Gasteiger partial charge in [0.2, 0.25) is 0 Å². The summed E-state index contributed by atoms with van der Waals surface area (Å²) in [6, 6.07) is 0. The molecule has 0 rings (SSSR count). The van der Waals surface area contributed by atoms with Crippen molar-refractivity contribution in [1.82, 2.24) is 0 Å². The van der Waals surface area contributed by atoms with Gasteiger partial charge in [-0.05, 0) is 0 Å². The van der Waals surface area contributed by atoms with Crippen LogP contribution in [0.1, 0.15) is 0 Å². The van der Waals surface area contributed by atoms with Crippen molar-refractivity contribution in [3.63, 3.8) is 0 Å². The molecule has 0 aliphatic rings. The molecule has 0 heterocycles. The molecule has 0 aromatic rings.